The smallest absolute Gasteiger partial charge is 0.448 e. The van der Waals surface area contributed by atoms with E-state index >= 15 is 0 Å². The molecule has 128 valence electrons. The minimum absolute atomic E-state index is 0.0427. The molecule has 24 heavy (non-hydrogen) atoms. The summed E-state index contributed by atoms with van der Waals surface area (Å²) in [6.45, 7) is 0. The maximum absolute atomic E-state index is 12.3. The average molecular weight is 353 g/mol. The SMILES string of the molecule is O=C(CCc1ccc(O)cc1)C1=C(O)C=C(O)CC1=NP(=O)(O)O. The Labute approximate surface area is 137 Å². The highest BCUT2D eigenvalue weighted by molar-refractivity contribution is 7.50. The quantitative estimate of drug-likeness (QED) is 0.509. The summed E-state index contributed by atoms with van der Waals surface area (Å²) in [4.78, 5) is 30.3. The van der Waals surface area contributed by atoms with Crippen molar-refractivity contribution >= 4 is 19.2 Å². The molecule has 0 spiro atoms. The monoisotopic (exact) mass is 353 g/mol. The van der Waals surface area contributed by atoms with Crippen LogP contribution in [0.25, 0.3) is 0 Å². The molecule has 0 atom stereocenters. The van der Waals surface area contributed by atoms with Crippen LogP contribution in [-0.4, -0.2) is 36.6 Å². The van der Waals surface area contributed by atoms with Gasteiger partial charge in [-0.1, -0.05) is 12.1 Å². The lowest BCUT2D eigenvalue weighted by Gasteiger charge is -2.16. The summed E-state index contributed by atoms with van der Waals surface area (Å²) in [5.74, 6) is -1.40. The van der Waals surface area contributed by atoms with E-state index in [-0.39, 0.29) is 35.6 Å². The van der Waals surface area contributed by atoms with Crippen LogP contribution >= 0.6 is 7.75 Å². The Bertz CT molecular complexity index is 787. The summed E-state index contributed by atoms with van der Waals surface area (Å²) >= 11 is 0. The molecule has 0 amide bonds. The fraction of sp³-hybridized carbons (Fsp3) is 0.200. The van der Waals surface area contributed by atoms with Crippen molar-refractivity contribution in [2.24, 2.45) is 4.76 Å². The highest BCUT2D eigenvalue weighted by atomic mass is 31.2. The van der Waals surface area contributed by atoms with Gasteiger partial charge in [-0.3, -0.25) is 4.79 Å². The Morgan fingerprint density at radius 1 is 1.12 bits per heavy atom. The van der Waals surface area contributed by atoms with E-state index < -0.39 is 19.3 Å². The van der Waals surface area contributed by atoms with Crippen LogP contribution < -0.4 is 0 Å². The number of aliphatic hydroxyl groups excluding tert-OH is 2. The number of Topliss-reactive ketones (excluding diaryl/α,β-unsaturated/α-hetero) is 1. The normalized spacial score (nSPS) is 17.1. The summed E-state index contributed by atoms with van der Waals surface area (Å²) < 4.78 is 14.2. The van der Waals surface area contributed by atoms with Crippen LogP contribution in [0.15, 0.2) is 52.2 Å². The molecule has 0 unspecified atom stereocenters. The second kappa shape index (κ2) is 7.00. The van der Waals surface area contributed by atoms with E-state index in [4.69, 9.17) is 9.79 Å². The van der Waals surface area contributed by atoms with E-state index in [1.807, 2.05) is 0 Å². The molecule has 2 rings (SSSR count). The van der Waals surface area contributed by atoms with Crippen molar-refractivity contribution in [2.45, 2.75) is 19.3 Å². The van der Waals surface area contributed by atoms with Crippen molar-refractivity contribution in [1.29, 1.82) is 0 Å². The Kier molecular flexibility index (Phi) is 5.23. The first-order chi connectivity index (χ1) is 11.2. The number of allylic oxidation sites excluding steroid dienone is 3. The van der Waals surface area contributed by atoms with Crippen molar-refractivity contribution in [1.82, 2.24) is 0 Å². The molecule has 5 N–H and O–H groups in total. The van der Waals surface area contributed by atoms with E-state index in [0.29, 0.717) is 6.42 Å². The molecule has 1 aromatic carbocycles. The zero-order valence-corrected chi connectivity index (χ0v) is 13.3. The number of rotatable bonds is 5. The van der Waals surface area contributed by atoms with Crippen LogP contribution in [0.3, 0.4) is 0 Å². The molecular formula is C15H16NO7P. The third kappa shape index (κ3) is 4.79. The van der Waals surface area contributed by atoms with Crippen LogP contribution in [0, 0.1) is 0 Å². The van der Waals surface area contributed by atoms with Gasteiger partial charge in [0, 0.05) is 18.9 Å². The lowest BCUT2D eigenvalue weighted by Crippen LogP contribution is -2.20. The van der Waals surface area contributed by atoms with E-state index in [9.17, 15) is 24.7 Å². The van der Waals surface area contributed by atoms with Gasteiger partial charge in [-0.25, -0.2) is 4.57 Å². The number of hydrogen-bond donors (Lipinski definition) is 5. The van der Waals surface area contributed by atoms with Gasteiger partial charge in [-0.15, -0.1) is 0 Å². The molecule has 8 nitrogen and oxygen atoms in total. The number of phenolic OH excluding ortho intramolecular Hbond substituents is 1. The predicted molar refractivity (Wildman–Crippen MR) is 85.9 cm³/mol. The highest BCUT2D eigenvalue weighted by Crippen LogP contribution is 2.39. The molecule has 0 radical (unpaired) electrons. The fourth-order valence-electron chi connectivity index (χ4n) is 2.28. The van der Waals surface area contributed by atoms with Crippen LogP contribution in [0.4, 0.5) is 0 Å². The molecule has 0 heterocycles. The number of ketones is 1. The van der Waals surface area contributed by atoms with E-state index in [2.05, 4.69) is 4.76 Å². The zero-order chi connectivity index (χ0) is 17.9. The van der Waals surface area contributed by atoms with Crippen molar-refractivity contribution in [3.8, 4) is 5.75 Å². The number of nitrogens with zero attached hydrogens (tertiary/aromatic N) is 1. The van der Waals surface area contributed by atoms with Gasteiger partial charge < -0.3 is 25.1 Å². The Hall–Kier alpha value is -2.41. The van der Waals surface area contributed by atoms with Gasteiger partial charge in [-0.2, -0.15) is 4.76 Å². The van der Waals surface area contributed by atoms with Crippen molar-refractivity contribution in [3.63, 3.8) is 0 Å². The summed E-state index contributed by atoms with van der Waals surface area (Å²) in [5.41, 5.74) is 0.107. The predicted octanol–water partition coefficient (Wildman–Crippen LogP) is 2.09. The zero-order valence-electron chi connectivity index (χ0n) is 12.5. The largest absolute Gasteiger partial charge is 0.512 e. The van der Waals surface area contributed by atoms with Crippen molar-refractivity contribution in [3.05, 3.63) is 53.0 Å². The molecule has 1 aromatic rings. The van der Waals surface area contributed by atoms with Crippen LogP contribution in [-0.2, 0) is 15.8 Å². The lowest BCUT2D eigenvalue weighted by molar-refractivity contribution is -0.115. The number of carbonyl (C=O) groups is 1. The van der Waals surface area contributed by atoms with Gasteiger partial charge in [0.15, 0.2) is 5.78 Å². The molecule has 0 fully saturated rings. The topological polar surface area (TPSA) is 148 Å². The third-order valence-corrected chi connectivity index (χ3v) is 3.81. The number of aryl methyl sites for hydroxylation is 1. The number of phenols is 1. The molecule has 1 aliphatic carbocycles. The van der Waals surface area contributed by atoms with Crippen LogP contribution in [0.1, 0.15) is 18.4 Å². The van der Waals surface area contributed by atoms with E-state index in [1.54, 1.807) is 12.1 Å². The Balaban J connectivity index is 2.23. The second-order valence-corrected chi connectivity index (χ2v) is 6.45. The maximum atomic E-state index is 12.3. The summed E-state index contributed by atoms with van der Waals surface area (Å²) in [6, 6.07) is 6.21. The molecule has 0 saturated carbocycles. The number of aliphatic hydroxyl groups is 2. The van der Waals surface area contributed by atoms with Crippen LogP contribution in [0.5, 0.6) is 5.75 Å². The summed E-state index contributed by atoms with van der Waals surface area (Å²) in [5, 5.41) is 28.6. The van der Waals surface area contributed by atoms with Gasteiger partial charge in [0.1, 0.15) is 17.3 Å². The van der Waals surface area contributed by atoms with Gasteiger partial charge >= 0.3 is 7.75 Å². The van der Waals surface area contributed by atoms with Gasteiger partial charge in [0.2, 0.25) is 0 Å². The number of hydrogen-bond acceptors (Lipinski definition) is 5. The van der Waals surface area contributed by atoms with Gasteiger partial charge in [0.25, 0.3) is 0 Å². The molecule has 0 bridgehead atoms. The molecular weight excluding hydrogens is 337 g/mol. The maximum Gasteiger partial charge on any atom is 0.448 e. The fourth-order valence-corrected chi connectivity index (χ4v) is 2.77. The third-order valence-electron chi connectivity index (χ3n) is 3.30. The molecule has 0 aromatic heterocycles. The van der Waals surface area contributed by atoms with Crippen LogP contribution in [0.2, 0.25) is 0 Å². The van der Waals surface area contributed by atoms with E-state index in [1.165, 1.54) is 12.1 Å². The minimum Gasteiger partial charge on any atom is -0.512 e. The molecule has 0 saturated heterocycles. The number of carbonyl (C=O) groups excluding carboxylic acids is 1. The standard InChI is InChI=1S/C15H16NO7P/c17-10-4-1-9(2-5-10)3-6-13(19)15-12(16-24(21,22)23)7-11(18)8-14(15)20/h1-2,4-5,8,17-18,20H,3,6-7H2,(H2,21,22,23). The molecule has 1 aliphatic rings. The first-order valence-corrected chi connectivity index (χ1v) is 8.51. The first-order valence-electron chi connectivity index (χ1n) is 6.94. The highest BCUT2D eigenvalue weighted by Gasteiger charge is 2.27. The van der Waals surface area contributed by atoms with Crippen molar-refractivity contribution < 1.29 is 34.5 Å². The lowest BCUT2D eigenvalue weighted by atomic mass is 9.93. The molecule has 9 heteroatoms. The summed E-state index contributed by atoms with van der Waals surface area (Å²) in [6.07, 6.45) is 0.857. The Morgan fingerprint density at radius 3 is 2.33 bits per heavy atom. The van der Waals surface area contributed by atoms with Gasteiger partial charge in [0.05, 0.1) is 11.3 Å². The first kappa shape index (κ1) is 17.9. The van der Waals surface area contributed by atoms with Crippen molar-refractivity contribution in [2.75, 3.05) is 0 Å². The van der Waals surface area contributed by atoms with Gasteiger partial charge in [-0.05, 0) is 24.1 Å². The number of aromatic hydroxyl groups is 1. The second-order valence-electron chi connectivity index (χ2n) is 5.22. The summed E-state index contributed by atoms with van der Waals surface area (Å²) in [7, 11) is -4.82. The number of benzene rings is 1. The Morgan fingerprint density at radius 2 is 1.75 bits per heavy atom. The van der Waals surface area contributed by atoms with E-state index in [0.717, 1.165) is 11.6 Å². The average Bonchev–Trinajstić information content (AvgIpc) is 2.44. The minimum atomic E-state index is -4.82. The molecule has 0 aliphatic heterocycles.